The SMILES string of the molecule is CCOC(=O)c1[nH]c(C)c(C(=O)COC(=O)c2ccccc2NS(=O)(=O)c2cccs2)c1C. The van der Waals surface area contributed by atoms with Gasteiger partial charge >= 0.3 is 11.9 Å². The summed E-state index contributed by atoms with van der Waals surface area (Å²) in [7, 11) is -3.88. The largest absolute Gasteiger partial charge is 0.461 e. The van der Waals surface area contributed by atoms with E-state index in [0.717, 1.165) is 11.3 Å². The number of benzene rings is 1. The second kappa shape index (κ2) is 10.0. The van der Waals surface area contributed by atoms with Crippen molar-refractivity contribution >= 4 is 44.8 Å². The number of ketones is 1. The number of aromatic nitrogens is 1. The Kier molecular flexibility index (Phi) is 7.34. The molecule has 0 atom stereocenters. The molecule has 0 amide bonds. The first-order valence-electron chi connectivity index (χ1n) is 9.87. The molecular weight excluding hydrogens is 468 g/mol. The molecule has 0 spiro atoms. The molecule has 3 aromatic rings. The Morgan fingerprint density at radius 3 is 2.42 bits per heavy atom. The van der Waals surface area contributed by atoms with Gasteiger partial charge in [0.15, 0.2) is 6.61 Å². The molecule has 0 saturated heterocycles. The highest BCUT2D eigenvalue weighted by molar-refractivity contribution is 7.94. The van der Waals surface area contributed by atoms with Crippen LogP contribution < -0.4 is 4.72 Å². The van der Waals surface area contributed by atoms with Gasteiger partial charge in [-0.1, -0.05) is 18.2 Å². The third-order valence-corrected chi connectivity index (χ3v) is 7.44. The summed E-state index contributed by atoms with van der Waals surface area (Å²) in [6, 6.07) is 8.98. The lowest BCUT2D eigenvalue weighted by atomic mass is 10.1. The van der Waals surface area contributed by atoms with Gasteiger partial charge in [-0.2, -0.15) is 0 Å². The van der Waals surface area contributed by atoms with Gasteiger partial charge in [0.25, 0.3) is 10.0 Å². The minimum atomic E-state index is -3.88. The maximum atomic E-state index is 12.7. The normalized spacial score (nSPS) is 11.1. The van der Waals surface area contributed by atoms with Crippen LogP contribution in [-0.2, 0) is 19.5 Å². The minimum Gasteiger partial charge on any atom is -0.461 e. The van der Waals surface area contributed by atoms with Crippen LogP contribution in [-0.4, -0.2) is 44.3 Å². The number of aromatic amines is 1. The summed E-state index contributed by atoms with van der Waals surface area (Å²) < 4.78 is 37.6. The third kappa shape index (κ3) is 5.32. The molecule has 1 aromatic carbocycles. The number of thiophene rings is 1. The number of hydrogen-bond donors (Lipinski definition) is 2. The standard InChI is InChI=1S/C22H22N2O7S2/c1-4-30-22(27)20-13(2)19(14(3)23-20)17(25)12-31-21(26)15-8-5-6-9-16(15)24-33(28,29)18-10-7-11-32-18/h5-11,23-24H,4,12H2,1-3H3. The number of rotatable bonds is 9. The Bertz CT molecular complexity index is 1290. The van der Waals surface area contributed by atoms with E-state index in [-0.39, 0.29) is 33.3 Å². The zero-order valence-electron chi connectivity index (χ0n) is 18.1. The van der Waals surface area contributed by atoms with Gasteiger partial charge in [-0.3, -0.25) is 9.52 Å². The van der Waals surface area contributed by atoms with E-state index in [0.29, 0.717) is 11.3 Å². The van der Waals surface area contributed by atoms with Crippen LogP contribution in [0.4, 0.5) is 5.69 Å². The number of carbonyl (C=O) groups excluding carboxylic acids is 3. The fourth-order valence-corrected chi connectivity index (χ4v) is 5.29. The van der Waals surface area contributed by atoms with Gasteiger partial charge in [0.05, 0.1) is 17.9 Å². The highest BCUT2D eigenvalue weighted by Gasteiger charge is 2.25. The summed E-state index contributed by atoms with van der Waals surface area (Å²) in [6.45, 7) is 4.49. The maximum absolute atomic E-state index is 12.7. The van der Waals surface area contributed by atoms with Crippen molar-refractivity contribution in [1.29, 1.82) is 0 Å². The summed E-state index contributed by atoms with van der Waals surface area (Å²) in [4.78, 5) is 40.2. The first-order chi connectivity index (χ1) is 15.7. The van der Waals surface area contributed by atoms with Crippen LogP contribution in [0.3, 0.4) is 0 Å². The number of ether oxygens (including phenoxy) is 2. The maximum Gasteiger partial charge on any atom is 0.355 e. The van der Waals surface area contributed by atoms with E-state index in [9.17, 15) is 22.8 Å². The first kappa shape index (κ1) is 24.2. The molecule has 0 bridgehead atoms. The van der Waals surface area contributed by atoms with Crippen molar-refractivity contribution in [3.63, 3.8) is 0 Å². The summed E-state index contributed by atoms with van der Waals surface area (Å²) >= 11 is 1.04. The molecule has 9 nitrogen and oxygen atoms in total. The third-order valence-electron chi connectivity index (χ3n) is 4.68. The predicted octanol–water partition coefficient (Wildman–Crippen LogP) is 3.71. The van der Waals surface area contributed by atoms with Crippen LogP contribution >= 0.6 is 11.3 Å². The average Bonchev–Trinajstić information content (AvgIpc) is 3.41. The Hall–Kier alpha value is -3.44. The molecule has 0 aliphatic rings. The van der Waals surface area contributed by atoms with Gasteiger partial charge in [0, 0.05) is 11.3 Å². The van der Waals surface area contributed by atoms with E-state index in [1.807, 2.05) is 0 Å². The molecule has 174 valence electrons. The van der Waals surface area contributed by atoms with Crippen molar-refractivity contribution in [1.82, 2.24) is 4.98 Å². The molecule has 2 aromatic heterocycles. The number of Topliss-reactive ketones (excluding diaryl/α,β-unsaturated/α-hetero) is 1. The fraction of sp³-hybridized carbons (Fsp3) is 0.227. The van der Waals surface area contributed by atoms with Crippen LogP contribution in [0.25, 0.3) is 0 Å². The van der Waals surface area contributed by atoms with Crippen LogP contribution in [0.1, 0.15) is 49.4 Å². The van der Waals surface area contributed by atoms with Crippen molar-refractivity contribution in [2.75, 3.05) is 17.9 Å². The van der Waals surface area contributed by atoms with E-state index in [1.54, 1.807) is 44.4 Å². The van der Waals surface area contributed by atoms with Crippen LogP contribution in [0.2, 0.25) is 0 Å². The monoisotopic (exact) mass is 490 g/mol. The highest BCUT2D eigenvalue weighted by Crippen LogP contribution is 2.24. The lowest BCUT2D eigenvalue weighted by molar-refractivity contribution is 0.0474. The minimum absolute atomic E-state index is 0.0296. The van der Waals surface area contributed by atoms with E-state index >= 15 is 0 Å². The van der Waals surface area contributed by atoms with Gasteiger partial charge in [-0.15, -0.1) is 11.3 Å². The first-order valence-corrected chi connectivity index (χ1v) is 12.2. The number of nitrogens with one attached hydrogen (secondary N) is 2. The summed E-state index contributed by atoms with van der Waals surface area (Å²) in [5.74, 6) is -1.97. The smallest absolute Gasteiger partial charge is 0.355 e. The summed E-state index contributed by atoms with van der Waals surface area (Å²) in [5.41, 5.74) is 1.23. The zero-order valence-corrected chi connectivity index (χ0v) is 19.8. The van der Waals surface area contributed by atoms with Gasteiger partial charge in [-0.25, -0.2) is 18.0 Å². The molecule has 2 heterocycles. The Morgan fingerprint density at radius 2 is 1.76 bits per heavy atom. The molecule has 0 radical (unpaired) electrons. The van der Waals surface area contributed by atoms with Crippen molar-refractivity contribution in [3.8, 4) is 0 Å². The number of H-pyrrole nitrogens is 1. The lowest BCUT2D eigenvalue weighted by Crippen LogP contribution is -2.18. The topological polar surface area (TPSA) is 132 Å². The lowest BCUT2D eigenvalue weighted by Gasteiger charge is -2.11. The molecular formula is C22H22N2O7S2. The summed E-state index contributed by atoms with van der Waals surface area (Å²) in [6.07, 6.45) is 0. The van der Waals surface area contributed by atoms with Crippen molar-refractivity contribution in [2.45, 2.75) is 25.0 Å². The number of sulfonamides is 1. The van der Waals surface area contributed by atoms with Crippen LogP contribution in [0.15, 0.2) is 46.0 Å². The number of carbonyl (C=O) groups is 3. The number of aryl methyl sites for hydroxylation is 1. The number of esters is 2. The molecule has 11 heteroatoms. The molecule has 3 rings (SSSR count). The Morgan fingerprint density at radius 1 is 1.03 bits per heavy atom. The van der Waals surface area contributed by atoms with Crippen molar-refractivity contribution in [2.24, 2.45) is 0 Å². The van der Waals surface area contributed by atoms with Crippen molar-refractivity contribution < 1.29 is 32.3 Å². The Balaban J connectivity index is 1.75. The summed E-state index contributed by atoms with van der Waals surface area (Å²) in [5, 5.41) is 1.62. The van der Waals surface area contributed by atoms with Crippen molar-refractivity contribution in [3.05, 3.63) is 69.9 Å². The average molecular weight is 491 g/mol. The van der Waals surface area contributed by atoms with Gasteiger partial charge < -0.3 is 14.5 Å². The number of anilines is 1. The molecule has 0 fully saturated rings. The highest BCUT2D eigenvalue weighted by atomic mass is 32.2. The molecule has 0 aliphatic heterocycles. The van der Waals surface area contributed by atoms with Crippen LogP contribution in [0.5, 0.6) is 0 Å². The fourth-order valence-electron chi connectivity index (χ4n) is 3.22. The number of para-hydroxylation sites is 1. The molecule has 33 heavy (non-hydrogen) atoms. The molecule has 0 saturated carbocycles. The van der Waals surface area contributed by atoms with Gasteiger partial charge in [-0.05, 0) is 49.9 Å². The van der Waals surface area contributed by atoms with Crippen LogP contribution in [0, 0.1) is 13.8 Å². The zero-order chi connectivity index (χ0) is 24.2. The Labute approximate surface area is 194 Å². The molecule has 0 unspecified atom stereocenters. The number of hydrogen-bond acceptors (Lipinski definition) is 8. The van der Waals surface area contributed by atoms with E-state index in [1.165, 1.54) is 18.2 Å². The predicted molar refractivity (Wildman–Crippen MR) is 122 cm³/mol. The second-order valence-corrected chi connectivity index (χ2v) is 9.78. The second-order valence-electron chi connectivity index (χ2n) is 6.93. The van der Waals surface area contributed by atoms with E-state index in [4.69, 9.17) is 9.47 Å². The van der Waals surface area contributed by atoms with Gasteiger partial charge in [0.1, 0.15) is 9.90 Å². The van der Waals surface area contributed by atoms with Gasteiger partial charge in [0.2, 0.25) is 5.78 Å². The quantitative estimate of drug-likeness (QED) is 0.345. The van der Waals surface area contributed by atoms with E-state index in [2.05, 4.69) is 9.71 Å². The molecule has 0 aliphatic carbocycles. The molecule has 2 N–H and O–H groups in total. The van der Waals surface area contributed by atoms with E-state index < -0.39 is 34.4 Å².